The quantitative estimate of drug-likeness (QED) is 0.0576. The van der Waals surface area contributed by atoms with E-state index in [-0.39, 0.29) is 36.9 Å². The third-order valence-electron chi connectivity index (χ3n) is 16.3. The molecule has 2 aliphatic heterocycles. The van der Waals surface area contributed by atoms with Gasteiger partial charge >= 0.3 is 5.97 Å². The van der Waals surface area contributed by atoms with Crippen molar-refractivity contribution in [1.29, 1.82) is 0 Å². The van der Waals surface area contributed by atoms with E-state index >= 15 is 0 Å². The first-order valence-corrected chi connectivity index (χ1v) is 30.3. The standard InChI is InChI=1S/C62H98N2O8P/c1-13-55-62(10,69)59(66)50(8)64(43-47(5)42-61(9,68)56(35-34-48(6)60(67)72-55)71-58-41-51(63(11)12)40-49(7)70-58)57(65)33-22-20-18-16-14-15-17-19-21-23-36-73(52-30-24-27-44(2)37-52,53-31-25-28-45(3)38-53)54-32-26-29-46(4)39-54/h24-32,37-39,47-51,55-56,58-59,66,68-69H,13-23,33-36,40-43H2,1-12H3/q+1/t47-,48-,49-,50-,51+,55-,56-,58+,59-,61-,62-/m1/s1. The molecule has 2 aliphatic rings. The number of unbranched alkanes of at least 4 members (excludes halogenated alkanes) is 9. The number of carbonyl (C=O) groups is 2. The fourth-order valence-electron chi connectivity index (χ4n) is 11.9. The fourth-order valence-corrected chi connectivity index (χ4v) is 16.5. The molecule has 11 atom stereocenters. The summed E-state index contributed by atoms with van der Waals surface area (Å²) >= 11 is 0. The number of benzene rings is 3. The summed E-state index contributed by atoms with van der Waals surface area (Å²) in [6, 6.07) is 27.2. The molecule has 0 radical (unpaired) electrons. The van der Waals surface area contributed by atoms with Gasteiger partial charge in [0.15, 0.2) is 6.29 Å². The van der Waals surface area contributed by atoms with Gasteiger partial charge in [-0.1, -0.05) is 102 Å². The monoisotopic (exact) mass is 1030 g/mol. The summed E-state index contributed by atoms with van der Waals surface area (Å²) in [5, 5.41) is 40.5. The number of hydrogen-bond donors (Lipinski definition) is 3. The topological polar surface area (TPSA) is 129 Å². The van der Waals surface area contributed by atoms with E-state index in [0.29, 0.717) is 32.1 Å². The van der Waals surface area contributed by atoms with Gasteiger partial charge in [0.2, 0.25) is 5.91 Å². The molecule has 3 aromatic carbocycles. The minimum atomic E-state index is -1.87. The molecule has 0 aliphatic carbocycles. The van der Waals surface area contributed by atoms with E-state index in [9.17, 15) is 24.9 Å². The summed E-state index contributed by atoms with van der Waals surface area (Å²) in [7, 11) is 2.24. The van der Waals surface area contributed by atoms with Crippen molar-refractivity contribution in [3.05, 3.63) is 89.5 Å². The van der Waals surface area contributed by atoms with Crippen molar-refractivity contribution in [2.24, 2.45) is 11.8 Å². The molecule has 2 saturated heterocycles. The first kappa shape index (κ1) is 60.7. The number of ether oxygens (including phenoxy) is 3. The minimum absolute atomic E-state index is 0.0167. The van der Waals surface area contributed by atoms with Crippen LogP contribution in [0.15, 0.2) is 72.8 Å². The van der Waals surface area contributed by atoms with Crippen LogP contribution >= 0.6 is 7.26 Å². The first-order valence-electron chi connectivity index (χ1n) is 28.3. The number of aliphatic hydroxyl groups is 3. The zero-order valence-corrected chi connectivity index (χ0v) is 48.2. The summed E-state index contributed by atoms with van der Waals surface area (Å²) in [6.45, 7) is 19.6. The van der Waals surface area contributed by atoms with Crippen LogP contribution in [0.25, 0.3) is 0 Å². The summed E-state index contributed by atoms with van der Waals surface area (Å²) in [4.78, 5) is 31.8. The van der Waals surface area contributed by atoms with Gasteiger partial charge in [-0.15, -0.1) is 0 Å². The molecule has 73 heavy (non-hydrogen) atoms. The molecule has 5 rings (SSSR count). The fraction of sp³-hybridized carbons (Fsp3) is 0.677. The van der Waals surface area contributed by atoms with E-state index in [4.69, 9.17) is 14.2 Å². The lowest BCUT2D eigenvalue weighted by atomic mass is 9.84. The Morgan fingerprint density at radius 3 is 1.77 bits per heavy atom. The highest BCUT2D eigenvalue weighted by atomic mass is 31.2. The SMILES string of the molecule is CC[C@H]1OC(=O)[C@H](C)CC[C@@H](O[C@H]2C[C@@H](N(C)C)C[C@@H](C)O2)[C@](C)(O)C[C@@H](C)CN(C(=O)CCCCCCCCCCCC[P+](c2cccc(C)c2)(c2cccc(C)c2)c2cccc(C)c2)[C@H](C)[C@@H](O)[C@]1(C)O. The summed E-state index contributed by atoms with van der Waals surface area (Å²) in [5.74, 6) is -1.32. The van der Waals surface area contributed by atoms with Crippen molar-refractivity contribution in [3.63, 3.8) is 0 Å². The molecule has 2 heterocycles. The van der Waals surface area contributed by atoms with Crippen molar-refractivity contribution in [3.8, 4) is 0 Å². The van der Waals surface area contributed by atoms with E-state index < -0.39 is 61.0 Å². The van der Waals surface area contributed by atoms with Crippen LogP contribution in [0.5, 0.6) is 0 Å². The molecule has 2 fully saturated rings. The average Bonchev–Trinajstić information content (AvgIpc) is 3.33. The number of aliphatic hydroxyl groups excluding tert-OH is 1. The largest absolute Gasteiger partial charge is 0.459 e. The number of carbonyl (C=O) groups excluding carboxylic acids is 2. The maximum Gasteiger partial charge on any atom is 0.309 e. The second-order valence-corrected chi connectivity index (χ2v) is 27.0. The zero-order valence-electron chi connectivity index (χ0n) is 47.3. The number of rotatable bonds is 20. The van der Waals surface area contributed by atoms with E-state index in [0.717, 1.165) is 38.3 Å². The van der Waals surface area contributed by atoms with Crippen molar-refractivity contribution in [2.45, 2.75) is 232 Å². The summed E-state index contributed by atoms with van der Waals surface area (Å²) in [5.41, 5.74) is 0.780. The predicted molar refractivity (Wildman–Crippen MR) is 302 cm³/mol. The van der Waals surface area contributed by atoms with Crippen LogP contribution in [0.4, 0.5) is 0 Å². The van der Waals surface area contributed by atoms with Crippen LogP contribution in [-0.2, 0) is 23.8 Å². The number of amides is 1. The molecule has 0 unspecified atom stereocenters. The maximum atomic E-state index is 14.3. The van der Waals surface area contributed by atoms with Gasteiger partial charge < -0.3 is 39.3 Å². The number of cyclic esters (lactones) is 1. The second-order valence-electron chi connectivity index (χ2n) is 23.4. The highest BCUT2D eigenvalue weighted by molar-refractivity contribution is 7.95. The summed E-state index contributed by atoms with van der Waals surface area (Å²) in [6.07, 6.45) is 11.9. The molecule has 11 heteroatoms. The molecule has 3 N–H and O–H groups in total. The Hall–Kier alpha value is -3.21. The van der Waals surface area contributed by atoms with Crippen molar-refractivity contribution in [1.82, 2.24) is 9.80 Å². The Balaban J connectivity index is 1.16. The van der Waals surface area contributed by atoms with Gasteiger partial charge in [0, 0.05) is 25.4 Å². The lowest BCUT2D eigenvalue weighted by molar-refractivity contribution is -0.252. The Labute approximate surface area is 442 Å². The highest BCUT2D eigenvalue weighted by Crippen LogP contribution is 2.56. The van der Waals surface area contributed by atoms with Gasteiger partial charge in [-0.05, 0) is 173 Å². The molecular formula is C62H98N2O8P+. The Morgan fingerprint density at radius 2 is 1.27 bits per heavy atom. The lowest BCUT2D eigenvalue weighted by Gasteiger charge is -2.43. The van der Waals surface area contributed by atoms with E-state index in [1.807, 2.05) is 20.8 Å². The minimum Gasteiger partial charge on any atom is -0.459 e. The Morgan fingerprint density at radius 1 is 0.767 bits per heavy atom. The van der Waals surface area contributed by atoms with Crippen LogP contribution in [0.2, 0.25) is 0 Å². The molecule has 3 aromatic rings. The molecule has 0 aromatic heterocycles. The predicted octanol–water partition coefficient (Wildman–Crippen LogP) is 10.9. The van der Waals surface area contributed by atoms with E-state index in [1.54, 1.807) is 25.7 Å². The van der Waals surface area contributed by atoms with Crippen molar-refractivity contribution < 1.29 is 39.1 Å². The van der Waals surface area contributed by atoms with Gasteiger partial charge in [-0.2, -0.15) is 0 Å². The van der Waals surface area contributed by atoms with E-state index in [2.05, 4.69) is 113 Å². The molecule has 0 spiro atoms. The molecular weight excluding hydrogens is 932 g/mol. The van der Waals surface area contributed by atoms with Crippen molar-refractivity contribution >= 4 is 35.1 Å². The second kappa shape index (κ2) is 28.2. The maximum absolute atomic E-state index is 14.3. The number of esters is 1. The smallest absolute Gasteiger partial charge is 0.309 e. The Kier molecular flexibility index (Phi) is 23.5. The highest BCUT2D eigenvalue weighted by Gasteiger charge is 2.48. The van der Waals surface area contributed by atoms with Crippen LogP contribution in [0, 0.1) is 32.6 Å². The lowest BCUT2D eigenvalue weighted by Crippen LogP contribution is -2.60. The van der Waals surface area contributed by atoms with Crippen LogP contribution in [0.3, 0.4) is 0 Å². The third kappa shape index (κ3) is 16.9. The van der Waals surface area contributed by atoms with Crippen molar-refractivity contribution in [2.75, 3.05) is 26.8 Å². The first-order chi connectivity index (χ1) is 34.6. The zero-order chi connectivity index (χ0) is 53.5. The van der Waals surface area contributed by atoms with Gasteiger partial charge in [-0.3, -0.25) is 9.59 Å². The van der Waals surface area contributed by atoms with Gasteiger partial charge in [0.25, 0.3) is 0 Å². The Bertz CT molecular complexity index is 2050. The molecule has 10 nitrogen and oxygen atoms in total. The molecule has 0 saturated carbocycles. The van der Waals surface area contributed by atoms with Crippen LogP contribution < -0.4 is 15.9 Å². The van der Waals surface area contributed by atoms with Gasteiger partial charge in [-0.25, -0.2) is 0 Å². The summed E-state index contributed by atoms with van der Waals surface area (Å²) < 4.78 is 18.9. The van der Waals surface area contributed by atoms with E-state index in [1.165, 1.54) is 78.1 Å². The van der Waals surface area contributed by atoms with Crippen LogP contribution in [0.1, 0.15) is 174 Å². The number of hydrogen-bond acceptors (Lipinski definition) is 9. The van der Waals surface area contributed by atoms with Gasteiger partial charge in [0.05, 0.1) is 35.9 Å². The average molecular weight is 1030 g/mol. The number of nitrogens with zero attached hydrogens (tertiary/aromatic N) is 2. The third-order valence-corrected chi connectivity index (χ3v) is 20.8. The normalized spacial score (nSPS) is 29.1. The molecule has 408 valence electrons. The van der Waals surface area contributed by atoms with Crippen LogP contribution in [-0.4, -0.2) is 118 Å². The van der Waals surface area contributed by atoms with Gasteiger partial charge in [0.1, 0.15) is 41.0 Å². The molecule has 1 amide bonds. The molecule has 0 bridgehead atoms. The number of aryl methyl sites for hydroxylation is 3.